The van der Waals surface area contributed by atoms with Crippen molar-refractivity contribution in [3.05, 3.63) is 59.3 Å². The Balaban J connectivity index is 1.85. The van der Waals surface area contributed by atoms with Gasteiger partial charge in [0.2, 0.25) is 0 Å². The van der Waals surface area contributed by atoms with Crippen molar-refractivity contribution in [2.45, 2.75) is 13.0 Å². The molecule has 0 bridgehead atoms. The molecule has 6 nitrogen and oxygen atoms in total. The number of fused-ring (bicyclic) bond motifs is 1. The number of rotatable bonds is 3. The van der Waals surface area contributed by atoms with Crippen LogP contribution < -0.4 is 5.32 Å². The molecule has 3 aromatic heterocycles. The van der Waals surface area contributed by atoms with E-state index in [0.717, 1.165) is 5.65 Å². The van der Waals surface area contributed by atoms with Crippen molar-refractivity contribution in [3.63, 3.8) is 0 Å². The number of aromatic nitrogens is 4. The van der Waals surface area contributed by atoms with Crippen LogP contribution in [0.5, 0.6) is 0 Å². The average molecular weight is 302 g/mol. The quantitative estimate of drug-likeness (QED) is 0.805. The van der Waals surface area contributed by atoms with E-state index in [4.69, 9.17) is 11.6 Å². The fourth-order valence-corrected chi connectivity index (χ4v) is 2.23. The molecule has 0 spiro atoms. The maximum absolute atomic E-state index is 12.2. The van der Waals surface area contributed by atoms with Crippen LogP contribution in [0.25, 0.3) is 5.65 Å². The molecule has 106 valence electrons. The van der Waals surface area contributed by atoms with Gasteiger partial charge in [0.15, 0.2) is 11.5 Å². The minimum atomic E-state index is -0.314. The lowest BCUT2D eigenvalue weighted by molar-refractivity contribution is 0.0938. The average Bonchev–Trinajstić information content (AvgIpc) is 2.91. The van der Waals surface area contributed by atoms with Gasteiger partial charge in [-0.2, -0.15) is 0 Å². The van der Waals surface area contributed by atoms with E-state index in [9.17, 15) is 4.79 Å². The number of pyridine rings is 2. The van der Waals surface area contributed by atoms with Crippen molar-refractivity contribution in [2.24, 2.45) is 0 Å². The number of amides is 1. The molecule has 0 saturated heterocycles. The molecule has 3 aromatic rings. The van der Waals surface area contributed by atoms with E-state index in [1.807, 2.05) is 35.7 Å². The molecule has 0 aliphatic carbocycles. The first-order chi connectivity index (χ1) is 10.2. The topological polar surface area (TPSA) is 72.2 Å². The molecule has 0 aliphatic heterocycles. The molecule has 1 N–H and O–H groups in total. The highest BCUT2D eigenvalue weighted by atomic mass is 35.5. The number of carbonyl (C=O) groups excluding carboxylic acids is 1. The molecule has 0 aromatic carbocycles. The van der Waals surface area contributed by atoms with Crippen LogP contribution in [0.4, 0.5) is 0 Å². The molecule has 0 saturated carbocycles. The molecule has 0 aliphatic rings. The van der Waals surface area contributed by atoms with Crippen LogP contribution in [-0.2, 0) is 0 Å². The van der Waals surface area contributed by atoms with E-state index < -0.39 is 0 Å². The Morgan fingerprint density at radius 2 is 2.19 bits per heavy atom. The zero-order valence-corrected chi connectivity index (χ0v) is 11.9. The zero-order chi connectivity index (χ0) is 14.8. The summed E-state index contributed by atoms with van der Waals surface area (Å²) in [5.74, 6) is 0.354. The van der Waals surface area contributed by atoms with E-state index in [2.05, 4.69) is 20.5 Å². The summed E-state index contributed by atoms with van der Waals surface area (Å²) < 4.78 is 1.83. The highest BCUT2D eigenvalue weighted by Gasteiger charge is 2.18. The summed E-state index contributed by atoms with van der Waals surface area (Å²) in [6, 6.07) is 6.88. The molecular formula is C14H12ClN5O. The molecule has 7 heteroatoms. The van der Waals surface area contributed by atoms with Crippen LogP contribution in [0, 0.1) is 0 Å². The van der Waals surface area contributed by atoms with E-state index in [-0.39, 0.29) is 11.9 Å². The highest BCUT2D eigenvalue weighted by Crippen LogP contribution is 2.16. The largest absolute Gasteiger partial charge is 0.342 e. The van der Waals surface area contributed by atoms with Crippen molar-refractivity contribution in [2.75, 3.05) is 0 Å². The number of hydrogen-bond donors (Lipinski definition) is 1. The van der Waals surface area contributed by atoms with E-state index >= 15 is 0 Å². The molecular weight excluding hydrogens is 290 g/mol. The summed E-state index contributed by atoms with van der Waals surface area (Å²) in [7, 11) is 0. The summed E-state index contributed by atoms with van der Waals surface area (Å²) >= 11 is 5.99. The first-order valence-corrected chi connectivity index (χ1v) is 6.74. The normalized spacial score (nSPS) is 12.3. The number of halogens is 1. The van der Waals surface area contributed by atoms with Gasteiger partial charge in [0.1, 0.15) is 0 Å². The van der Waals surface area contributed by atoms with Crippen LogP contribution in [0.15, 0.2) is 42.9 Å². The van der Waals surface area contributed by atoms with Crippen molar-refractivity contribution < 1.29 is 4.79 Å². The van der Waals surface area contributed by atoms with Crippen molar-refractivity contribution in [1.29, 1.82) is 0 Å². The maximum Gasteiger partial charge on any atom is 0.254 e. The number of nitrogens with zero attached hydrogens (tertiary/aromatic N) is 4. The fourth-order valence-electron chi connectivity index (χ4n) is 2.04. The van der Waals surface area contributed by atoms with Crippen LogP contribution in [0.3, 0.4) is 0 Å². The number of nitrogens with one attached hydrogen (secondary N) is 1. The molecule has 1 amide bonds. The predicted octanol–water partition coefficient (Wildman–Crippen LogP) is 2.27. The zero-order valence-electron chi connectivity index (χ0n) is 11.2. The number of carbonyl (C=O) groups is 1. The second-order valence-corrected chi connectivity index (χ2v) is 4.94. The third kappa shape index (κ3) is 2.57. The number of hydrogen-bond acceptors (Lipinski definition) is 4. The minimum absolute atomic E-state index is 0.298. The van der Waals surface area contributed by atoms with Gasteiger partial charge in [-0.05, 0) is 25.1 Å². The summed E-state index contributed by atoms with van der Waals surface area (Å²) in [4.78, 5) is 16.1. The van der Waals surface area contributed by atoms with Crippen LogP contribution in [0.2, 0.25) is 5.02 Å². The lowest BCUT2D eigenvalue weighted by Crippen LogP contribution is -2.28. The van der Waals surface area contributed by atoms with Gasteiger partial charge in [-0.15, -0.1) is 10.2 Å². The standard InChI is InChI=1S/C14H12ClN5O/c1-9(13-19-18-12-4-2-3-7-20(12)13)17-14(21)10-8-16-6-5-11(10)15/h2-9H,1H3,(H,17,21)/t9-/m0/s1. The smallest absolute Gasteiger partial charge is 0.254 e. The Kier molecular flexibility index (Phi) is 3.53. The molecule has 0 radical (unpaired) electrons. The molecule has 3 heterocycles. The third-order valence-corrected chi connectivity index (χ3v) is 3.42. The highest BCUT2D eigenvalue weighted by molar-refractivity contribution is 6.33. The Hall–Kier alpha value is -2.47. The molecule has 3 rings (SSSR count). The van der Waals surface area contributed by atoms with Gasteiger partial charge < -0.3 is 5.32 Å². The molecule has 0 fully saturated rings. The lowest BCUT2D eigenvalue weighted by atomic mass is 10.2. The fraction of sp³-hybridized carbons (Fsp3) is 0.143. The van der Waals surface area contributed by atoms with Crippen molar-refractivity contribution in [1.82, 2.24) is 24.9 Å². The minimum Gasteiger partial charge on any atom is -0.342 e. The van der Waals surface area contributed by atoms with E-state index in [1.165, 1.54) is 12.4 Å². The van der Waals surface area contributed by atoms with E-state index in [1.54, 1.807) is 6.07 Å². The molecule has 0 unspecified atom stereocenters. The van der Waals surface area contributed by atoms with Gasteiger partial charge in [-0.3, -0.25) is 14.2 Å². The van der Waals surface area contributed by atoms with Crippen molar-refractivity contribution in [3.8, 4) is 0 Å². The Morgan fingerprint density at radius 3 is 3.00 bits per heavy atom. The summed E-state index contributed by atoms with van der Waals surface area (Å²) in [6.07, 6.45) is 4.82. The Bertz CT molecular complexity index is 801. The first-order valence-electron chi connectivity index (χ1n) is 6.37. The molecule has 21 heavy (non-hydrogen) atoms. The van der Waals surface area contributed by atoms with Gasteiger partial charge in [-0.1, -0.05) is 17.7 Å². The predicted molar refractivity (Wildman–Crippen MR) is 78.1 cm³/mol. The van der Waals surface area contributed by atoms with Crippen molar-refractivity contribution >= 4 is 23.2 Å². The second-order valence-electron chi connectivity index (χ2n) is 4.54. The monoisotopic (exact) mass is 301 g/mol. The van der Waals surface area contributed by atoms with Gasteiger partial charge >= 0.3 is 0 Å². The summed E-state index contributed by atoms with van der Waals surface area (Å²) in [5, 5.41) is 11.4. The molecule has 1 atom stereocenters. The van der Waals surface area contributed by atoms with Crippen LogP contribution >= 0.6 is 11.6 Å². The van der Waals surface area contributed by atoms with Gasteiger partial charge in [0, 0.05) is 18.6 Å². The maximum atomic E-state index is 12.2. The Morgan fingerprint density at radius 1 is 1.33 bits per heavy atom. The van der Waals surface area contributed by atoms with E-state index in [0.29, 0.717) is 16.4 Å². The lowest BCUT2D eigenvalue weighted by Gasteiger charge is -2.12. The van der Waals surface area contributed by atoms with Gasteiger partial charge in [0.25, 0.3) is 5.91 Å². The first kappa shape index (κ1) is 13.5. The van der Waals surface area contributed by atoms with Gasteiger partial charge in [0.05, 0.1) is 16.6 Å². The van der Waals surface area contributed by atoms with Gasteiger partial charge in [-0.25, -0.2) is 0 Å². The second kappa shape index (κ2) is 5.49. The summed E-state index contributed by atoms with van der Waals surface area (Å²) in [6.45, 7) is 1.84. The van der Waals surface area contributed by atoms with Crippen LogP contribution in [-0.4, -0.2) is 25.5 Å². The Labute approximate surface area is 125 Å². The SMILES string of the molecule is C[C@H](NC(=O)c1cnccc1Cl)c1nnc2ccccn12. The third-order valence-electron chi connectivity index (χ3n) is 3.09. The van der Waals surface area contributed by atoms with Crippen LogP contribution in [0.1, 0.15) is 29.1 Å². The summed E-state index contributed by atoms with van der Waals surface area (Å²) in [5.41, 5.74) is 1.06.